The Hall–Kier alpha value is -0.530. The van der Waals surface area contributed by atoms with Crippen molar-refractivity contribution in [3.05, 3.63) is 0 Å². The monoisotopic (exact) mass is 183 g/mol. The van der Waals surface area contributed by atoms with Crippen molar-refractivity contribution in [3.8, 4) is 0 Å². The van der Waals surface area contributed by atoms with Gasteiger partial charge in [-0.05, 0) is 12.3 Å². The summed E-state index contributed by atoms with van der Waals surface area (Å²) in [6.45, 7) is 0. The first-order valence-electron chi connectivity index (χ1n) is 5.57. The highest BCUT2D eigenvalue weighted by molar-refractivity contribution is 5.73. The van der Waals surface area contributed by atoms with Gasteiger partial charge in [-0.15, -0.1) is 0 Å². The SMILES string of the molecule is NC(=O)CCC1CCCCCCC1. The topological polar surface area (TPSA) is 43.1 Å². The van der Waals surface area contributed by atoms with E-state index >= 15 is 0 Å². The van der Waals surface area contributed by atoms with E-state index in [1.54, 1.807) is 0 Å². The molecule has 0 bridgehead atoms. The minimum atomic E-state index is -0.137. The highest BCUT2D eigenvalue weighted by atomic mass is 16.1. The van der Waals surface area contributed by atoms with E-state index in [1.807, 2.05) is 0 Å². The Labute approximate surface area is 80.9 Å². The molecule has 1 amide bonds. The molecule has 1 aliphatic rings. The molecule has 0 aromatic rings. The van der Waals surface area contributed by atoms with E-state index in [2.05, 4.69) is 0 Å². The molecule has 0 radical (unpaired) electrons. The Bertz CT molecular complexity index is 148. The molecule has 1 aliphatic carbocycles. The summed E-state index contributed by atoms with van der Waals surface area (Å²) in [6, 6.07) is 0. The van der Waals surface area contributed by atoms with Gasteiger partial charge < -0.3 is 5.73 Å². The Balaban J connectivity index is 2.17. The summed E-state index contributed by atoms with van der Waals surface area (Å²) in [5.74, 6) is 0.634. The van der Waals surface area contributed by atoms with Crippen molar-refractivity contribution in [1.82, 2.24) is 0 Å². The van der Waals surface area contributed by atoms with Gasteiger partial charge in [0.2, 0.25) is 5.91 Å². The first kappa shape index (κ1) is 10.6. The summed E-state index contributed by atoms with van der Waals surface area (Å²) in [6.07, 6.45) is 11.1. The maximum atomic E-state index is 10.6. The van der Waals surface area contributed by atoms with Gasteiger partial charge in [0, 0.05) is 6.42 Å². The van der Waals surface area contributed by atoms with Gasteiger partial charge in [0.1, 0.15) is 0 Å². The molecule has 0 aromatic carbocycles. The summed E-state index contributed by atoms with van der Waals surface area (Å²) in [4.78, 5) is 10.6. The van der Waals surface area contributed by atoms with Gasteiger partial charge in [-0.25, -0.2) is 0 Å². The normalized spacial score (nSPS) is 20.6. The molecule has 0 aromatic heterocycles. The van der Waals surface area contributed by atoms with Crippen LogP contribution < -0.4 is 5.73 Å². The number of rotatable bonds is 3. The summed E-state index contributed by atoms with van der Waals surface area (Å²) in [5.41, 5.74) is 5.14. The summed E-state index contributed by atoms with van der Waals surface area (Å²) in [7, 11) is 0. The Morgan fingerprint density at radius 3 is 2.15 bits per heavy atom. The van der Waals surface area contributed by atoms with Crippen LogP contribution in [0.3, 0.4) is 0 Å². The third kappa shape index (κ3) is 4.91. The second-order valence-electron chi connectivity index (χ2n) is 4.22. The minimum absolute atomic E-state index is 0.137. The van der Waals surface area contributed by atoms with Crippen LogP contribution in [0.5, 0.6) is 0 Å². The molecular weight excluding hydrogens is 162 g/mol. The molecule has 2 heteroatoms. The Morgan fingerprint density at radius 1 is 1.08 bits per heavy atom. The quantitative estimate of drug-likeness (QED) is 0.718. The highest BCUT2D eigenvalue weighted by Crippen LogP contribution is 2.25. The lowest BCUT2D eigenvalue weighted by molar-refractivity contribution is -0.118. The Morgan fingerprint density at radius 2 is 1.62 bits per heavy atom. The summed E-state index contributed by atoms with van der Waals surface area (Å²) < 4.78 is 0. The van der Waals surface area contributed by atoms with Gasteiger partial charge in [0.05, 0.1) is 0 Å². The predicted molar refractivity (Wildman–Crippen MR) is 54.2 cm³/mol. The number of nitrogens with two attached hydrogens (primary N) is 1. The molecule has 0 heterocycles. The van der Waals surface area contributed by atoms with Crippen LogP contribution in [0.15, 0.2) is 0 Å². The lowest BCUT2D eigenvalue weighted by Gasteiger charge is -2.18. The largest absolute Gasteiger partial charge is 0.370 e. The molecule has 1 rings (SSSR count). The second kappa shape index (κ2) is 6.01. The van der Waals surface area contributed by atoms with Gasteiger partial charge in [-0.1, -0.05) is 44.9 Å². The zero-order valence-corrected chi connectivity index (χ0v) is 8.43. The molecule has 1 fully saturated rings. The van der Waals surface area contributed by atoms with Crippen molar-refractivity contribution in [2.75, 3.05) is 0 Å². The van der Waals surface area contributed by atoms with Gasteiger partial charge in [0.25, 0.3) is 0 Å². The number of carbonyl (C=O) groups is 1. The average Bonchev–Trinajstić information content (AvgIpc) is 2.01. The number of hydrogen-bond donors (Lipinski definition) is 1. The standard InChI is InChI=1S/C11H21NO/c12-11(13)9-8-10-6-4-2-1-3-5-7-10/h10H,1-9H2,(H2,12,13). The fourth-order valence-electron chi connectivity index (χ4n) is 2.18. The molecule has 0 atom stereocenters. The Kier molecular flexibility index (Phi) is 4.87. The summed E-state index contributed by atoms with van der Waals surface area (Å²) in [5, 5.41) is 0. The minimum Gasteiger partial charge on any atom is -0.370 e. The van der Waals surface area contributed by atoms with Crippen LogP contribution in [0.1, 0.15) is 57.8 Å². The first-order valence-corrected chi connectivity index (χ1v) is 5.57. The number of primary amides is 1. The van der Waals surface area contributed by atoms with Crippen molar-refractivity contribution in [3.63, 3.8) is 0 Å². The van der Waals surface area contributed by atoms with Gasteiger partial charge in [0.15, 0.2) is 0 Å². The average molecular weight is 183 g/mol. The van der Waals surface area contributed by atoms with E-state index in [0.29, 0.717) is 6.42 Å². The molecule has 76 valence electrons. The van der Waals surface area contributed by atoms with Crippen LogP contribution in [0, 0.1) is 5.92 Å². The van der Waals surface area contributed by atoms with Crippen molar-refractivity contribution in [2.45, 2.75) is 57.8 Å². The van der Waals surface area contributed by atoms with E-state index in [-0.39, 0.29) is 5.91 Å². The van der Waals surface area contributed by atoms with Crippen LogP contribution in [-0.2, 0) is 4.79 Å². The molecule has 0 spiro atoms. The maximum absolute atomic E-state index is 10.6. The van der Waals surface area contributed by atoms with E-state index in [1.165, 1.54) is 44.9 Å². The van der Waals surface area contributed by atoms with Crippen LogP contribution in [0.25, 0.3) is 0 Å². The van der Waals surface area contributed by atoms with Crippen molar-refractivity contribution < 1.29 is 4.79 Å². The lowest BCUT2D eigenvalue weighted by atomic mass is 9.88. The fourth-order valence-corrected chi connectivity index (χ4v) is 2.18. The fraction of sp³-hybridized carbons (Fsp3) is 0.909. The molecule has 2 nitrogen and oxygen atoms in total. The smallest absolute Gasteiger partial charge is 0.217 e. The third-order valence-corrected chi connectivity index (χ3v) is 3.02. The third-order valence-electron chi connectivity index (χ3n) is 3.02. The molecule has 0 saturated heterocycles. The van der Waals surface area contributed by atoms with Crippen LogP contribution in [0.4, 0.5) is 0 Å². The highest BCUT2D eigenvalue weighted by Gasteiger charge is 2.11. The zero-order valence-electron chi connectivity index (χ0n) is 8.43. The molecule has 2 N–H and O–H groups in total. The van der Waals surface area contributed by atoms with Crippen LogP contribution >= 0.6 is 0 Å². The van der Waals surface area contributed by atoms with E-state index in [9.17, 15) is 4.79 Å². The summed E-state index contributed by atoms with van der Waals surface area (Å²) >= 11 is 0. The molecule has 1 saturated carbocycles. The number of amides is 1. The maximum Gasteiger partial charge on any atom is 0.217 e. The predicted octanol–water partition coefficient (Wildman–Crippen LogP) is 2.61. The first-order chi connectivity index (χ1) is 6.29. The van der Waals surface area contributed by atoms with E-state index in [0.717, 1.165) is 12.3 Å². The number of carbonyl (C=O) groups excluding carboxylic acids is 1. The lowest BCUT2D eigenvalue weighted by Crippen LogP contribution is -2.13. The van der Waals surface area contributed by atoms with Crippen molar-refractivity contribution >= 4 is 5.91 Å². The van der Waals surface area contributed by atoms with Crippen LogP contribution in [0.2, 0.25) is 0 Å². The zero-order chi connectivity index (χ0) is 9.52. The van der Waals surface area contributed by atoms with Gasteiger partial charge >= 0.3 is 0 Å². The van der Waals surface area contributed by atoms with Crippen LogP contribution in [-0.4, -0.2) is 5.91 Å². The van der Waals surface area contributed by atoms with E-state index < -0.39 is 0 Å². The molecule has 13 heavy (non-hydrogen) atoms. The van der Waals surface area contributed by atoms with Gasteiger partial charge in [-0.2, -0.15) is 0 Å². The van der Waals surface area contributed by atoms with Crippen molar-refractivity contribution in [1.29, 1.82) is 0 Å². The molecular formula is C11H21NO. The second-order valence-corrected chi connectivity index (χ2v) is 4.22. The van der Waals surface area contributed by atoms with Gasteiger partial charge in [-0.3, -0.25) is 4.79 Å². The molecule has 0 unspecified atom stereocenters. The van der Waals surface area contributed by atoms with E-state index in [4.69, 9.17) is 5.73 Å². The van der Waals surface area contributed by atoms with Crippen molar-refractivity contribution in [2.24, 2.45) is 11.7 Å². The molecule has 0 aliphatic heterocycles. The number of hydrogen-bond acceptors (Lipinski definition) is 1.